The van der Waals surface area contributed by atoms with Gasteiger partial charge in [-0.15, -0.1) is 0 Å². The molecule has 82 valence electrons. The predicted molar refractivity (Wildman–Crippen MR) is 53.3 cm³/mol. The Bertz CT molecular complexity index is 392. The smallest absolute Gasteiger partial charge is 0.434 e. The van der Waals surface area contributed by atoms with Crippen molar-refractivity contribution in [3.63, 3.8) is 0 Å². The minimum Gasteiger partial charge on any atom is -0.465 e. The molecule has 0 radical (unpaired) electrons. The van der Waals surface area contributed by atoms with Crippen molar-refractivity contribution in [2.45, 2.75) is 6.18 Å². The number of hydrogen-bond acceptors (Lipinski definition) is 3. The number of rotatable bonds is 1. The Hall–Kier alpha value is -0.860. The van der Waals surface area contributed by atoms with E-state index in [2.05, 4.69) is 9.72 Å². The van der Waals surface area contributed by atoms with E-state index in [-0.39, 0.29) is 3.70 Å². The quantitative estimate of drug-likeness (QED) is 0.451. The van der Waals surface area contributed by atoms with E-state index in [4.69, 9.17) is 0 Å². The van der Waals surface area contributed by atoms with Crippen molar-refractivity contribution in [1.82, 2.24) is 4.98 Å². The van der Waals surface area contributed by atoms with Gasteiger partial charge in [-0.1, -0.05) is 0 Å². The Morgan fingerprint density at radius 1 is 1.47 bits per heavy atom. The largest absolute Gasteiger partial charge is 0.465 e. The Labute approximate surface area is 96.8 Å². The van der Waals surface area contributed by atoms with E-state index < -0.39 is 23.4 Å². The Morgan fingerprint density at radius 2 is 2.07 bits per heavy atom. The summed E-state index contributed by atoms with van der Waals surface area (Å²) in [7, 11) is 1.01. The molecule has 15 heavy (non-hydrogen) atoms. The van der Waals surface area contributed by atoms with Crippen LogP contribution in [0.3, 0.4) is 0 Å². The summed E-state index contributed by atoms with van der Waals surface area (Å²) in [5.74, 6) is -1.05. The molecule has 0 saturated carbocycles. The molecule has 0 unspecified atom stereocenters. The van der Waals surface area contributed by atoms with Crippen molar-refractivity contribution < 1.29 is 22.7 Å². The summed E-state index contributed by atoms with van der Waals surface area (Å²) in [6.07, 6.45) is -4.66. The van der Waals surface area contributed by atoms with Crippen molar-refractivity contribution in [3.8, 4) is 0 Å². The number of alkyl halides is 3. The number of hydrogen-bond donors (Lipinski definition) is 0. The van der Waals surface area contributed by atoms with Crippen LogP contribution in [0.2, 0.25) is 0 Å². The third-order valence-corrected chi connectivity index (χ3v) is 2.14. The van der Waals surface area contributed by atoms with E-state index in [9.17, 15) is 18.0 Å². The Morgan fingerprint density at radius 3 is 2.53 bits per heavy atom. The fraction of sp³-hybridized carbons (Fsp3) is 0.250. The highest BCUT2D eigenvalue weighted by Gasteiger charge is 2.37. The van der Waals surface area contributed by atoms with Crippen molar-refractivity contribution >= 4 is 28.6 Å². The zero-order valence-corrected chi connectivity index (χ0v) is 9.59. The lowest BCUT2D eigenvalue weighted by atomic mass is 10.2. The van der Waals surface area contributed by atoms with Gasteiger partial charge in [0.1, 0.15) is 3.70 Å². The number of aromatic nitrogens is 1. The van der Waals surface area contributed by atoms with E-state index in [1.54, 1.807) is 22.6 Å². The van der Waals surface area contributed by atoms with Crippen molar-refractivity contribution in [2.75, 3.05) is 7.11 Å². The normalized spacial score (nSPS) is 11.3. The summed E-state index contributed by atoms with van der Waals surface area (Å²) in [6.45, 7) is 0. The van der Waals surface area contributed by atoms with Crippen LogP contribution >= 0.6 is 22.6 Å². The third kappa shape index (κ3) is 2.80. The summed E-state index contributed by atoms with van der Waals surface area (Å²) < 4.78 is 41.7. The number of carbonyl (C=O) groups is 1. The molecule has 0 aliphatic heterocycles. The lowest BCUT2D eigenvalue weighted by Crippen LogP contribution is -2.16. The molecule has 3 nitrogen and oxygen atoms in total. The van der Waals surface area contributed by atoms with Gasteiger partial charge < -0.3 is 4.74 Å². The van der Waals surface area contributed by atoms with Gasteiger partial charge in [0.25, 0.3) is 0 Å². The van der Waals surface area contributed by atoms with Crippen LogP contribution in [0.5, 0.6) is 0 Å². The van der Waals surface area contributed by atoms with Crippen molar-refractivity contribution in [2.24, 2.45) is 0 Å². The fourth-order valence-corrected chi connectivity index (χ4v) is 1.35. The fourth-order valence-electron chi connectivity index (χ4n) is 0.926. The summed E-state index contributed by atoms with van der Waals surface area (Å²) >= 11 is 1.63. The van der Waals surface area contributed by atoms with Crippen LogP contribution in [0.25, 0.3) is 0 Å². The number of pyridine rings is 1. The van der Waals surface area contributed by atoms with Gasteiger partial charge in [0.15, 0.2) is 5.69 Å². The Kier molecular flexibility index (Phi) is 3.53. The summed E-state index contributed by atoms with van der Waals surface area (Å²) in [5.41, 5.74) is -1.80. The maximum absolute atomic E-state index is 12.5. The number of methoxy groups -OCH3 is 1. The van der Waals surface area contributed by atoms with E-state index in [1.807, 2.05) is 0 Å². The summed E-state index contributed by atoms with van der Waals surface area (Å²) in [4.78, 5) is 14.3. The molecule has 0 aliphatic rings. The zero-order chi connectivity index (χ0) is 11.6. The molecular formula is C8H5F3INO2. The SMILES string of the molecule is COC(=O)c1ccc(I)nc1C(F)(F)F. The molecule has 0 spiro atoms. The van der Waals surface area contributed by atoms with Gasteiger partial charge in [0.2, 0.25) is 0 Å². The molecule has 0 amide bonds. The molecule has 0 fully saturated rings. The number of nitrogens with zero attached hydrogens (tertiary/aromatic N) is 1. The molecule has 0 aliphatic carbocycles. The van der Waals surface area contributed by atoms with Gasteiger partial charge in [-0.25, -0.2) is 9.78 Å². The minimum absolute atomic E-state index is 0.160. The topological polar surface area (TPSA) is 39.2 Å². The molecule has 0 saturated heterocycles. The molecule has 0 atom stereocenters. The highest BCUT2D eigenvalue weighted by molar-refractivity contribution is 14.1. The van der Waals surface area contributed by atoms with E-state index in [0.29, 0.717) is 0 Å². The second-order valence-electron chi connectivity index (χ2n) is 2.52. The number of ether oxygens (including phenoxy) is 1. The first kappa shape index (κ1) is 12.2. The van der Waals surface area contributed by atoms with E-state index >= 15 is 0 Å². The van der Waals surface area contributed by atoms with Crippen molar-refractivity contribution in [3.05, 3.63) is 27.1 Å². The van der Waals surface area contributed by atoms with Gasteiger partial charge in [0.05, 0.1) is 12.7 Å². The monoisotopic (exact) mass is 331 g/mol. The molecule has 0 bridgehead atoms. The second-order valence-corrected chi connectivity index (χ2v) is 3.62. The lowest BCUT2D eigenvalue weighted by Gasteiger charge is -2.10. The Balaban J connectivity index is 3.33. The van der Waals surface area contributed by atoms with Crippen LogP contribution in [0.15, 0.2) is 12.1 Å². The third-order valence-electron chi connectivity index (χ3n) is 1.54. The molecule has 1 aromatic rings. The highest BCUT2D eigenvalue weighted by atomic mass is 127. The van der Waals surface area contributed by atoms with Crippen LogP contribution in [-0.2, 0) is 10.9 Å². The maximum Gasteiger partial charge on any atom is 0.434 e. The number of esters is 1. The molecule has 0 N–H and O–H groups in total. The molecular weight excluding hydrogens is 326 g/mol. The standard InChI is InChI=1S/C8H5F3INO2/c1-15-7(14)4-2-3-5(12)13-6(4)8(9,10)11/h2-3H,1H3. The molecule has 1 aromatic heterocycles. The molecule has 1 heterocycles. The lowest BCUT2D eigenvalue weighted by molar-refractivity contribution is -0.141. The average molecular weight is 331 g/mol. The van der Waals surface area contributed by atoms with Crippen LogP contribution in [0, 0.1) is 3.70 Å². The van der Waals surface area contributed by atoms with Gasteiger partial charge in [-0.2, -0.15) is 13.2 Å². The second kappa shape index (κ2) is 4.33. The van der Waals surface area contributed by atoms with E-state index in [0.717, 1.165) is 13.2 Å². The van der Waals surface area contributed by atoms with Crippen LogP contribution < -0.4 is 0 Å². The average Bonchev–Trinajstić information content (AvgIpc) is 2.15. The summed E-state index contributed by atoms with van der Waals surface area (Å²) in [5, 5.41) is 0. The van der Waals surface area contributed by atoms with Gasteiger partial charge in [-0.3, -0.25) is 0 Å². The van der Waals surface area contributed by atoms with Crippen LogP contribution in [0.4, 0.5) is 13.2 Å². The molecule has 1 rings (SSSR count). The first-order chi connectivity index (χ1) is 6.86. The van der Waals surface area contributed by atoms with Gasteiger partial charge in [0, 0.05) is 0 Å². The first-order valence-corrected chi connectivity index (χ1v) is 4.76. The number of carbonyl (C=O) groups excluding carboxylic acids is 1. The first-order valence-electron chi connectivity index (χ1n) is 3.68. The highest BCUT2D eigenvalue weighted by Crippen LogP contribution is 2.31. The molecule has 0 aromatic carbocycles. The number of halogens is 4. The maximum atomic E-state index is 12.5. The van der Waals surface area contributed by atoms with Crippen molar-refractivity contribution in [1.29, 1.82) is 0 Å². The predicted octanol–water partition coefficient (Wildman–Crippen LogP) is 2.49. The zero-order valence-electron chi connectivity index (χ0n) is 7.43. The summed E-state index contributed by atoms with van der Waals surface area (Å²) in [6, 6.07) is 2.35. The minimum atomic E-state index is -4.66. The van der Waals surface area contributed by atoms with Gasteiger partial charge >= 0.3 is 12.1 Å². The van der Waals surface area contributed by atoms with E-state index in [1.165, 1.54) is 6.07 Å². The molecule has 7 heteroatoms. The van der Waals surface area contributed by atoms with Gasteiger partial charge in [-0.05, 0) is 34.7 Å². The van der Waals surface area contributed by atoms with Crippen LogP contribution in [0.1, 0.15) is 16.1 Å². The van der Waals surface area contributed by atoms with Crippen LogP contribution in [-0.4, -0.2) is 18.1 Å².